The average molecular weight is 351 g/mol. The van der Waals surface area contributed by atoms with Crippen LogP contribution in [0.3, 0.4) is 0 Å². The number of oxazole rings is 1. The van der Waals surface area contributed by atoms with Crippen LogP contribution in [0.15, 0.2) is 27.4 Å². The van der Waals surface area contributed by atoms with Crippen LogP contribution in [0.4, 0.5) is 5.69 Å². The number of hydrogen-bond acceptors (Lipinski definition) is 5. The van der Waals surface area contributed by atoms with Gasteiger partial charge >= 0.3 is 5.76 Å². The van der Waals surface area contributed by atoms with Crippen LogP contribution in [-0.4, -0.2) is 34.8 Å². The Hall–Kier alpha value is -2.22. The van der Waals surface area contributed by atoms with Gasteiger partial charge in [0.05, 0.1) is 5.52 Å². The van der Waals surface area contributed by atoms with Gasteiger partial charge < -0.3 is 15.1 Å². The molecule has 0 saturated heterocycles. The van der Waals surface area contributed by atoms with Crippen LogP contribution in [0, 0.1) is 0 Å². The number of thioether (sulfide) groups is 1. The lowest BCUT2D eigenvalue weighted by Gasteiger charge is -2.18. The van der Waals surface area contributed by atoms with E-state index < -0.39 is 11.8 Å². The van der Waals surface area contributed by atoms with Crippen molar-refractivity contribution in [1.29, 1.82) is 0 Å². The molecule has 0 fully saturated rings. The van der Waals surface area contributed by atoms with Crippen LogP contribution in [0.2, 0.25) is 0 Å². The summed E-state index contributed by atoms with van der Waals surface area (Å²) in [4.78, 5) is 38.0. The fraction of sp³-hybridized carbons (Fsp3) is 0.438. The third-order valence-corrected chi connectivity index (χ3v) is 4.07. The number of carbonyl (C=O) groups excluding carboxylic acids is 2. The number of nitrogens with one attached hydrogen (secondary N) is 3. The van der Waals surface area contributed by atoms with Gasteiger partial charge in [0.15, 0.2) is 5.58 Å². The minimum atomic E-state index is -0.587. The largest absolute Gasteiger partial charge is 0.417 e. The molecule has 24 heavy (non-hydrogen) atoms. The summed E-state index contributed by atoms with van der Waals surface area (Å²) in [6, 6.07) is 4.29. The van der Waals surface area contributed by atoms with Crippen molar-refractivity contribution >= 4 is 40.4 Å². The highest BCUT2D eigenvalue weighted by Crippen LogP contribution is 2.16. The molecule has 2 amide bonds. The fourth-order valence-corrected chi connectivity index (χ4v) is 2.73. The van der Waals surface area contributed by atoms with Crippen molar-refractivity contribution < 1.29 is 14.0 Å². The van der Waals surface area contributed by atoms with Gasteiger partial charge in [-0.3, -0.25) is 14.6 Å². The maximum atomic E-state index is 12.5. The molecule has 0 spiro atoms. The van der Waals surface area contributed by atoms with E-state index in [1.165, 1.54) is 0 Å². The predicted octanol–water partition coefficient (Wildman–Crippen LogP) is 2.10. The first-order valence-electron chi connectivity index (χ1n) is 7.75. The van der Waals surface area contributed by atoms with E-state index in [2.05, 4.69) is 15.6 Å². The summed E-state index contributed by atoms with van der Waals surface area (Å²) in [7, 11) is 0. The Morgan fingerprint density at radius 2 is 2.17 bits per heavy atom. The molecule has 1 atom stereocenters. The molecule has 1 aromatic heterocycles. The number of anilines is 1. The molecule has 2 aromatic rings. The monoisotopic (exact) mass is 351 g/mol. The van der Waals surface area contributed by atoms with Gasteiger partial charge in [-0.2, -0.15) is 11.8 Å². The molecular formula is C16H21N3O4S. The smallest absolute Gasteiger partial charge is 0.408 e. The van der Waals surface area contributed by atoms with E-state index in [0.717, 1.165) is 12.2 Å². The normalized spacial score (nSPS) is 12.1. The zero-order valence-corrected chi connectivity index (χ0v) is 14.5. The Morgan fingerprint density at radius 1 is 1.38 bits per heavy atom. The number of aromatic nitrogens is 1. The first-order chi connectivity index (χ1) is 11.5. The molecule has 1 unspecified atom stereocenters. The van der Waals surface area contributed by atoms with Crippen LogP contribution in [0.1, 0.15) is 26.2 Å². The molecule has 0 aliphatic rings. The Balaban J connectivity index is 2.08. The second-order valence-electron chi connectivity index (χ2n) is 5.37. The first-order valence-corrected chi connectivity index (χ1v) is 9.15. The number of amides is 2. The van der Waals surface area contributed by atoms with Gasteiger partial charge in [0.2, 0.25) is 11.8 Å². The predicted molar refractivity (Wildman–Crippen MR) is 95.3 cm³/mol. The molecule has 2 rings (SSSR count). The number of carbonyl (C=O) groups is 2. The maximum Gasteiger partial charge on any atom is 0.417 e. The van der Waals surface area contributed by atoms with Crippen molar-refractivity contribution in [3.8, 4) is 0 Å². The highest BCUT2D eigenvalue weighted by atomic mass is 32.2. The number of fused-ring (bicyclic) bond motifs is 1. The zero-order valence-electron chi connectivity index (χ0n) is 13.7. The second kappa shape index (κ2) is 8.58. The fourth-order valence-electron chi connectivity index (χ4n) is 2.26. The van der Waals surface area contributed by atoms with E-state index in [-0.39, 0.29) is 11.8 Å². The number of rotatable bonds is 8. The maximum absolute atomic E-state index is 12.5. The van der Waals surface area contributed by atoms with Crippen LogP contribution in [0.25, 0.3) is 11.1 Å². The van der Waals surface area contributed by atoms with Crippen molar-refractivity contribution in [2.24, 2.45) is 0 Å². The van der Waals surface area contributed by atoms with Crippen LogP contribution < -0.4 is 16.4 Å². The van der Waals surface area contributed by atoms with Crippen molar-refractivity contribution in [3.05, 3.63) is 28.7 Å². The quantitative estimate of drug-likeness (QED) is 0.675. The Bertz CT molecular complexity index is 768. The molecule has 0 aliphatic carbocycles. The summed E-state index contributed by atoms with van der Waals surface area (Å²) in [6.07, 6.45) is 3.62. The lowest BCUT2D eigenvalue weighted by Crippen LogP contribution is -2.44. The molecular weight excluding hydrogens is 330 g/mol. The van der Waals surface area contributed by atoms with Gasteiger partial charge in [-0.05, 0) is 43.0 Å². The molecule has 0 radical (unpaired) electrons. The van der Waals surface area contributed by atoms with Gasteiger partial charge in [0, 0.05) is 12.1 Å². The van der Waals surface area contributed by atoms with Crippen molar-refractivity contribution in [1.82, 2.24) is 10.3 Å². The van der Waals surface area contributed by atoms with Crippen molar-refractivity contribution in [3.63, 3.8) is 0 Å². The summed E-state index contributed by atoms with van der Waals surface area (Å²) in [5.41, 5.74) is 1.46. The van der Waals surface area contributed by atoms with E-state index in [0.29, 0.717) is 29.6 Å². The van der Waals surface area contributed by atoms with Crippen LogP contribution >= 0.6 is 11.8 Å². The van der Waals surface area contributed by atoms with Gasteiger partial charge in [0.25, 0.3) is 0 Å². The van der Waals surface area contributed by atoms with Gasteiger partial charge in [-0.15, -0.1) is 0 Å². The number of H-pyrrole nitrogens is 1. The molecule has 0 saturated carbocycles. The summed E-state index contributed by atoms with van der Waals surface area (Å²) in [6.45, 7) is 1.91. The van der Waals surface area contributed by atoms with Gasteiger partial charge in [-0.1, -0.05) is 6.92 Å². The molecule has 0 aliphatic heterocycles. The lowest BCUT2D eigenvalue weighted by atomic mass is 10.2. The summed E-state index contributed by atoms with van der Waals surface area (Å²) < 4.78 is 4.92. The van der Waals surface area contributed by atoms with Crippen molar-refractivity contribution in [2.75, 3.05) is 17.3 Å². The van der Waals surface area contributed by atoms with E-state index >= 15 is 0 Å². The van der Waals surface area contributed by atoms with Gasteiger partial charge in [0.1, 0.15) is 6.04 Å². The molecule has 8 heteroatoms. The SMILES string of the molecule is CCCC(=O)NC(CCSC)C(=O)Nc1ccc2oc(=O)[nH]c2c1. The second-order valence-corrected chi connectivity index (χ2v) is 6.35. The molecule has 130 valence electrons. The lowest BCUT2D eigenvalue weighted by molar-refractivity contribution is -0.126. The van der Waals surface area contributed by atoms with Crippen LogP contribution in [-0.2, 0) is 9.59 Å². The average Bonchev–Trinajstić information content (AvgIpc) is 2.90. The number of hydrogen-bond donors (Lipinski definition) is 3. The highest BCUT2D eigenvalue weighted by molar-refractivity contribution is 7.98. The Labute approximate surface area is 143 Å². The molecule has 1 aromatic carbocycles. The molecule has 1 heterocycles. The van der Waals surface area contributed by atoms with E-state index in [1.807, 2.05) is 13.2 Å². The van der Waals surface area contributed by atoms with E-state index in [1.54, 1.807) is 30.0 Å². The summed E-state index contributed by atoms with van der Waals surface area (Å²) in [5, 5.41) is 5.55. The zero-order chi connectivity index (χ0) is 17.5. The first kappa shape index (κ1) is 18.1. The minimum Gasteiger partial charge on any atom is -0.408 e. The van der Waals surface area contributed by atoms with Crippen molar-refractivity contribution in [2.45, 2.75) is 32.2 Å². The van der Waals surface area contributed by atoms with Gasteiger partial charge in [-0.25, -0.2) is 4.79 Å². The molecule has 0 bridgehead atoms. The summed E-state index contributed by atoms with van der Waals surface area (Å²) in [5.74, 6) is -0.191. The van der Waals surface area contributed by atoms with E-state index in [9.17, 15) is 14.4 Å². The number of aromatic amines is 1. The van der Waals surface area contributed by atoms with Crippen LogP contribution in [0.5, 0.6) is 0 Å². The summed E-state index contributed by atoms with van der Waals surface area (Å²) >= 11 is 1.62. The number of benzene rings is 1. The Kier molecular flexibility index (Phi) is 6.48. The Morgan fingerprint density at radius 3 is 2.88 bits per heavy atom. The molecule has 7 nitrogen and oxygen atoms in total. The highest BCUT2D eigenvalue weighted by Gasteiger charge is 2.20. The standard InChI is InChI=1S/C16H21N3O4S/c1-3-4-14(20)18-11(7-8-24-2)15(21)17-10-5-6-13-12(9-10)19-16(22)23-13/h5-6,9,11H,3-4,7-8H2,1-2H3,(H,17,21)(H,18,20)(H,19,22). The molecule has 3 N–H and O–H groups in total. The third-order valence-electron chi connectivity index (χ3n) is 3.43. The topological polar surface area (TPSA) is 104 Å². The minimum absolute atomic E-state index is 0.131. The third kappa shape index (κ3) is 4.89. The van der Waals surface area contributed by atoms with E-state index in [4.69, 9.17) is 4.42 Å².